The minimum Gasteiger partial charge on any atom is -0.488 e. The molecule has 1 unspecified atom stereocenters. The highest BCUT2D eigenvalue weighted by atomic mass is 16.6. The van der Waals surface area contributed by atoms with Crippen molar-refractivity contribution in [3.05, 3.63) is 51.8 Å². The summed E-state index contributed by atoms with van der Waals surface area (Å²) in [5.74, 6) is 1.50. The number of nitrogens with zero attached hydrogens (tertiary/aromatic N) is 4. The first-order valence-electron chi connectivity index (χ1n) is 10.1. The molecule has 1 atom stereocenters. The van der Waals surface area contributed by atoms with E-state index in [0.717, 1.165) is 36.4 Å². The number of rotatable bonds is 9. The fourth-order valence-electron chi connectivity index (χ4n) is 3.05. The third-order valence-corrected chi connectivity index (χ3v) is 4.62. The van der Waals surface area contributed by atoms with Crippen LogP contribution in [0.3, 0.4) is 0 Å². The van der Waals surface area contributed by atoms with Crippen molar-refractivity contribution in [2.75, 3.05) is 26.3 Å². The van der Waals surface area contributed by atoms with Crippen molar-refractivity contribution in [2.24, 2.45) is 4.99 Å². The predicted molar refractivity (Wildman–Crippen MR) is 113 cm³/mol. The van der Waals surface area contributed by atoms with Gasteiger partial charge in [0.15, 0.2) is 5.96 Å². The number of aromatic nitrogens is 2. The van der Waals surface area contributed by atoms with Crippen LogP contribution in [0.5, 0.6) is 5.75 Å². The highest BCUT2D eigenvalue weighted by Gasteiger charge is 2.18. The van der Waals surface area contributed by atoms with Gasteiger partial charge in [-0.25, -0.2) is 4.99 Å². The van der Waals surface area contributed by atoms with Crippen molar-refractivity contribution in [1.29, 1.82) is 0 Å². The molecule has 162 valence electrons. The average molecular weight is 416 g/mol. The summed E-state index contributed by atoms with van der Waals surface area (Å²) in [7, 11) is 0. The normalized spacial score (nSPS) is 16.5. The van der Waals surface area contributed by atoms with Gasteiger partial charge >= 0.3 is 5.69 Å². The predicted octanol–water partition coefficient (Wildman–Crippen LogP) is 2.02. The molecule has 0 saturated carbocycles. The maximum Gasteiger partial charge on any atom is 0.306 e. The van der Waals surface area contributed by atoms with Crippen LogP contribution in [0, 0.1) is 17.0 Å². The van der Waals surface area contributed by atoms with E-state index in [0.29, 0.717) is 32.2 Å². The number of nitrogens with one attached hydrogen (secondary N) is 2. The Bertz CT molecular complexity index is 876. The lowest BCUT2D eigenvalue weighted by Gasteiger charge is -2.16. The maximum absolute atomic E-state index is 10.7. The van der Waals surface area contributed by atoms with Gasteiger partial charge in [-0.15, -0.1) is 0 Å². The first-order valence-corrected chi connectivity index (χ1v) is 10.1. The van der Waals surface area contributed by atoms with Gasteiger partial charge < -0.3 is 20.1 Å². The fraction of sp³-hybridized carbons (Fsp3) is 0.500. The van der Waals surface area contributed by atoms with E-state index in [-0.39, 0.29) is 11.8 Å². The molecule has 0 spiro atoms. The van der Waals surface area contributed by atoms with E-state index in [1.54, 1.807) is 0 Å². The summed E-state index contributed by atoms with van der Waals surface area (Å²) in [6.45, 7) is 7.58. The first-order chi connectivity index (χ1) is 14.5. The number of guanidine groups is 1. The zero-order valence-electron chi connectivity index (χ0n) is 17.3. The van der Waals surface area contributed by atoms with Crippen molar-refractivity contribution >= 4 is 11.6 Å². The summed E-state index contributed by atoms with van der Waals surface area (Å²) in [4.78, 5) is 15.0. The Hall–Kier alpha value is -3.14. The lowest BCUT2D eigenvalue weighted by molar-refractivity contribution is -0.385. The van der Waals surface area contributed by atoms with Crippen LogP contribution in [0.1, 0.15) is 24.5 Å². The molecule has 1 aliphatic rings. The number of benzene rings is 1. The largest absolute Gasteiger partial charge is 0.488 e. The number of hydrogen-bond acceptors (Lipinski definition) is 6. The van der Waals surface area contributed by atoms with Crippen molar-refractivity contribution in [3.8, 4) is 5.75 Å². The van der Waals surface area contributed by atoms with Gasteiger partial charge in [0.2, 0.25) is 0 Å². The Morgan fingerprint density at radius 1 is 1.47 bits per heavy atom. The van der Waals surface area contributed by atoms with E-state index in [9.17, 15) is 10.1 Å². The van der Waals surface area contributed by atoms with Crippen LogP contribution >= 0.6 is 0 Å². The van der Waals surface area contributed by atoms with Crippen LogP contribution < -0.4 is 15.4 Å². The molecule has 1 aromatic heterocycles. The van der Waals surface area contributed by atoms with Gasteiger partial charge in [0, 0.05) is 25.1 Å². The van der Waals surface area contributed by atoms with E-state index in [1.807, 2.05) is 32.0 Å². The van der Waals surface area contributed by atoms with Crippen LogP contribution in [-0.4, -0.2) is 53.1 Å². The molecule has 10 nitrogen and oxygen atoms in total. The molecule has 10 heteroatoms. The third-order valence-electron chi connectivity index (χ3n) is 4.62. The van der Waals surface area contributed by atoms with Crippen molar-refractivity contribution < 1.29 is 14.4 Å². The third kappa shape index (κ3) is 6.18. The number of ether oxygens (including phenoxy) is 2. The molecule has 0 amide bonds. The molecule has 2 heterocycles. The molecule has 0 radical (unpaired) electrons. The molecular weight excluding hydrogens is 388 g/mol. The lowest BCUT2D eigenvalue weighted by atomic mass is 10.1. The van der Waals surface area contributed by atoms with Crippen LogP contribution in [0.4, 0.5) is 5.69 Å². The number of aryl methyl sites for hydroxylation is 1. The number of nitro groups is 1. The highest BCUT2D eigenvalue weighted by molar-refractivity contribution is 5.79. The van der Waals surface area contributed by atoms with Crippen LogP contribution in [-0.2, 0) is 17.8 Å². The van der Waals surface area contributed by atoms with Gasteiger partial charge in [-0.2, -0.15) is 5.10 Å². The minimum atomic E-state index is -0.457. The highest BCUT2D eigenvalue weighted by Crippen LogP contribution is 2.24. The van der Waals surface area contributed by atoms with E-state index in [1.165, 1.54) is 17.1 Å². The molecular formula is C20H28N6O4. The summed E-state index contributed by atoms with van der Waals surface area (Å²) in [5, 5.41) is 21.2. The zero-order chi connectivity index (χ0) is 21.3. The SMILES string of the molecule is CCNC(=NCc1ccc(C)cc1OC1CCOC1)NCCn1cc([N+](=O)[O-])cn1. The van der Waals surface area contributed by atoms with E-state index in [4.69, 9.17) is 9.47 Å². The molecule has 1 fully saturated rings. The van der Waals surface area contributed by atoms with Crippen LogP contribution in [0.15, 0.2) is 35.6 Å². The summed E-state index contributed by atoms with van der Waals surface area (Å²) < 4.78 is 13.1. The number of hydrogen-bond donors (Lipinski definition) is 2. The molecule has 0 bridgehead atoms. The van der Waals surface area contributed by atoms with E-state index in [2.05, 4.69) is 20.7 Å². The second kappa shape index (κ2) is 10.6. The second-order valence-corrected chi connectivity index (χ2v) is 7.06. The van der Waals surface area contributed by atoms with Gasteiger partial charge in [0.05, 0.1) is 31.2 Å². The Labute approximate surface area is 175 Å². The van der Waals surface area contributed by atoms with Crippen molar-refractivity contribution in [2.45, 2.75) is 39.5 Å². The molecule has 1 aromatic carbocycles. The molecule has 3 rings (SSSR count). The molecule has 2 N–H and O–H groups in total. The summed E-state index contributed by atoms with van der Waals surface area (Å²) in [5.41, 5.74) is 2.12. The molecule has 0 aliphatic carbocycles. The van der Waals surface area contributed by atoms with Gasteiger partial charge in [0.25, 0.3) is 0 Å². The number of aliphatic imine (C=N–C) groups is 1. The Morgan fingerprint density at radius 3 is 3.03 bits per heavy atom. The average Bonchev–Trinajstić information content (AvgIpc) is 3.39. The maximum atomic E-state index is 10.7. The van der Waals surface area contributed by atoms with Crippen LogP contribution in [0.2, 0.25) is 0 Å². The molecule has 2 aromatic rings. The van der Waals surface area contributed by atoms with Crippen LogP contribution in [0.25, 0.3) is 0 Å². The Balaban J connectivity index is 1.60. The second-order valence-electron chi connectivity index (χ2n) is 7.06. The quantitative estimate of drug-likeness (QED) is 0.278. The summed E-state index contributed by atoms with van der Waals surface area (Å²) in [6.07, 6.45) is 3.63. The lowest BCUT2D eigenvalue weighted by Crippen LogP contribution is -2.38. The Morgan fingerprint density at radius 2 is 2.33 bits per heavy atom. The minimum absolute atomic E-state index is 0.0184. The molecule has 1 aliphatic heterocycles. The Kier molecular flexibility index (Phi) is 7.61. The topological polar surface area (TPSA) is 116 Å². The molecule has 30 heavy (non-hydrogen) atoms. The van der Waals surface area contributed by atoms with Gasteiger partial charge in [-0.05, 0) is 25.5 Å². The first kappa shape index (κ1) is 21.6. The van der Waals surface area contributed by atoms with E-state index < -0.39 is 4.92 Å². The van der Waals surface area contributed by atoms with Gasteiger partial charge in [0.1, 0.15) is 24.2 Å². The van der Waals surface area contributed by atoms with Gasteiger partial charge in [-0.3, -0.25) is 14.8 Å². The summed E-state index contributed by atoms with van der Waals surface area (Å²) in [6, 6.07) is 6.12. The van der Waals surface area contributed by atoms with E-state index >= 15 is 0 Å². The standard InChI is InChI=1S/C20H28N6O4/c1-3-21-20(22-7-8-25-13-17(12-24-25)26(27)28)23-11-16-5-4-15(2)10-19(16)30-18-6-9-29-14-18/h4-5,10,12-13,18H,3,6-9,11,14H2,1-2H3,(H2,21,22,23). The van der Waals surface area contributed by atoms with Crippen molar-refractivity contribution in [3.63, 3.8) is 0 Å². The molecule has 1 saturated heterocycles. The summed E-state index contributed by atoms with van der Waals surface area (Å²) >= 11 is 0. The smallest absolute Gasteiger partial charge is 0.306 e. The van der Waals surface area contributed by atoms with Gasteiger partial charge in [-0.1, -0.05) is 12.1 Å². The fourth-order valence-corrected chi connectivity index (χ4v) is 3.05. The zero-order valence-corrected chi connectivity index (χ0v) is 17.3. The van der Waals surface area contributed by atoms with Crippen molar-refractivity contribution in [1.82, 2.24) is 20.4 Å². The monoisotopic (exact) mass is 416 g/mol.